The SMILES string of the molecule is COc1ccc(C)cc1S(=O)(=O)N(CC(=O)Nc1ccc2c(c1)OCCO2)c1cccc(C)c1. The van der Waals surface area contributed by atoms with E-state index in [0.717, 1.165) is 15.4 Å². The number of fused-ring (bicyclic) bond motifs is 1. The predicted molar refractivity (Wildman–Crippen MR) is 130 cm³/mol. The zero-order valence-electron chi connectivity index (χ0n) is 19.2. The van der Waals surface area contributed by atoms with Gasteiger partial charge in [0.1, 0.15) is 30.4 Å². The van der Waals surface area contributed by atoms with Crippen LogP contribution in [0.4, 0.5) is 11.4 Å². The fourth-order valence-corrected chi connectivity index (χ4v) is 5.31. The first-order valence-electron chi connectivity index (χ1n) is 10.7. The second-order valence-electron chi connectivity index (χ2n) is 7.91. The monoisotopic (exact) mass is 482 g/mol. The van der Waals surface area contributed by atoms with Crippen molar-refractivity contribution in [1.82, 2.24) is 0 Å². The molecule has 0 spiro atoms. The lowest BCUT2D eigenvalue weighted by Crippen LogP contribution is -2.38. The summed E-state index contributed by atoms with van der Waals surface area (Å²) in [6.07, 6.45) is 0. The third kappa shape index (κ3) is 4.94. The molecule has 178 valence electrons. The lowest BCUT2D eigenvalue weighted by Gasteiger charge is -2.25. The lowest BCUT2D eigenvalue weighted by molar-refractivity contribution is -0.114. The highest BCUT2D eigenvalue weighted by atomic mass is 32.2. The maximum Gasteiger partial charge on any atom is 0.268 e. The van der Waals surface area contributed by atoms with E-state index >= 15 is 0 Å². The standard InChI is InChI=1S/C25H26N2O6S/c1-17-5-4-6-20(13-17)27(34(29,30)24-14-18(2)7-9-22(24)31-3)16-25(28)26-19-8-10-21-23(15-19)33-12-11-32-21/h4-10,13-15H,11-12,16H2,1-3H3,(H,26,28). The first-order valence-corrected chi connectivity index (χ1v) is 12.2. The Morgan fingerprint density at radius 2 is 1.71 bits per heavy atom. The summed E-state index contributed by atoms with van der Waals surface area (Å²) >= 11 is 0. The molecule has 1 N–H and O–H groups in total. The minimum Gasteiger partial charge on any atom is -0.495 e. The fraction of sp³-hybridized carbons (Fsp3) is 0.240. The van der Waals surface area contributed by atoms with Crippen LogP contribution in [0.5, 0.6) is 17.2 Å². The number of anilines is 2. The van der Waals surface area contributed by atoms with Crippen LogP contribution < -0.4 is 23.8 Å². The molecule has 1 heterocycles. The van der Waals surface area contributed by atoms with E-state index in [0.29, 0.717) is 36.1 Å². The van der Waals surface area contributed by atoms with Gasteiger partial charge in [-0.05, 0) is 61.4 Å². The van der Waals surface area contributed by atoms with E-state index in [1.807, 2.05) is 13.0 Å². The Bertz CT molecular complexity index is 1320. The van der Waals surface area contributed by atoms with Gasteiger partial charge in [0.15, 0.2) is 11.5 Å². The number of amides is 1. The number of aryl methyl sites for hydroxylation is 2. The predicted octanol–water partition coefficient (Wildman–Crippen LogP) is 3.92. The molecule has 0 saturated carbocycles. The van der Waals surface area contributed by atoms with Gasteiger partial charge in [0.05, 0.1) is 12.8 Å². The Hall–Kier alpha value is -3.72. The molecule has 0 radical (unpaired) electrons. The number of nitrogens with one attached hydrogen (secondary N) is 1. The molecule has 0 atom stereocenters. The van der Waals surface area contributed by atoms with E-state index in [4.69, 9.17) is 14.2 Å². The van der Waals surface area contributed by atoms with Crippen molar-refractivity contribution in [2.45, 2.75) is 18.7 Å². The summed E-state index contributed by atoms with van der Waals surface area (Å²) < 4.78 is 45.0. The number of rotatable bonds is 7. The Morgan fingerprint density at radius 1 is 0.971 bits per heavy atom. The Balaban J connectivity index is 1.67. The largest absolute Gasteiger partial charge is 0.495 e. The van der Waals surface area contributed by atoms with Crippen LogP contribution in [0.15, 0.2) is 65.6 Å². The molecule has 0 aliphatic carbocycles. The maximum atomic E-state index is 13.8. The molecule has 4 rings (SSSR count). The van der Waals surface area contributed by atoms with Gasteiger partial charge in [-0.3, -0.25) is 9.10 Å². The molecule has 8 nitrogen and oxygen atoms in total. The number of methoxy groups -OCH3 is 1. The van der Waals surface area contributed by atoms with Gasteiger partial charge in [0, 0.05) is 11.8 Å². The van der Waals surface area contributed by atoms with E-state index in [1.54, 1.807) is 55.5 Å². The van der Waals surface area contributed by atoms with Gasteiger partial charge in [0.25, 0.3) is 10.0 Å². The maximum absolute atomic E-state index is 13.8. The summed E-state index contributed by atoms with van der Waals surface area (Å²) in [5.41, 5.74) is 2.47. The summed E-state index contributed by atoms with van der Waals surface area (Å²) in [6, 6.07) is 16.9. The highest BCUT2D eigenvalue weighted by Crippen LogP contribution is 2.33. The topological polar surface area (TPSA) is 94.2 Å². The van der Waals surface area contributed by atoms with E-state index in [-0.39, 0.29) is 10.6 Å². The molecule has 0 aromatic heterocycles. The van der Waals surface area contributed by atoms with Crippen molar-refractivity contribution >= 4 is 27.3 Å². The second-order valence-corrected chi connectivity index (χ2v) is 9.74. The lowest BCUT2D eigenvalue weighted by atomic mass is 10.2. The number of carbonyl (C=O) groups is 1. The van der Waals surface area contributed by atoms with Crippen molar-refractivity contribution < 1.29 is 27.4 Å². The summed E-state index contributed by atoms with van der Waals surface area (Å²) in [5.74, 6) is 0.820. The van der Waals surface area contributed by atoms with Crippen molar-refractivity contribution in [3.8, 4) is 17.2 Å². The molecule has 1 aliphatic heterocycles. The van der Waals surface area contributed by atoms with E-state index in [1.165, 1.54) is 13.2 Å². The molecule has 1 amide bonds. The van der Waals surface area contributed by atoms with Gasteiger partial charge < -0.3 is 19.5 Å². The third-order valence-electron chi connectivity index (χ3n) is 5.29. The number of hydrogen-bond acceptors (Lipinski definition) is 6. The summed E-state index contributed by atoms with van der Waals surface area (Å²) in [4.78, 5) is 13.0. The summed E-state index contributed by atoms with van der Waals surface area (Å²) in [7, 11) is -2.72. The van der Waals surface area contributed by atoms with Gasteiger partial charge in [-0.2, -0.15) is 0 Å². The molecule has 3 aromatic carbocycles. The number of carbonyl (C=O) groups excluding carboxylic acids is 1. The first kappa shape index (κ1) is 23.4. The second kappa shape index (κ2) is 9.64. The van der Waals surface area contributed by atoms with Crippen molar-refractivity contribution in [1.29, 1.82) is 0 Å². The van der Waals surface area contributed by atoms with Crippen molar-refractivity contribution in [2.24, 2.45) is 0 Å². The molecule has 1 aliphatic rings. The van der Waals surface area contributed by atoms with E-state index in [9.17, 15) is 13.2 Å². The quantitative estimate of drug-likeness (QED) is 0.549. The number of sulfonamides is 1. The molecule has 0 bridgehead atoms. The average molecular weight is 483 g/mol. The summed E-state index contributed by atoms with van der Waals surface area (Å²) in [5, 5.41) is 2.76. The van der Waals surface area contributed by atoms with Crippen LogP contribution in [0.1, 0.15) is 11.1 Å². The molecule has 0 saturated heterocycles. The zero-order valence-corrected chi connectivity index (χ0v) is 20.0. The Morgan fingerprint density at radius 3 is 2.44 bits per heavy atom. The van der Waals surface area contributed by atoms with Gasteiger partial charge in [-0.15, -0.1) is 0 Å². The fourth-order valence-electron chi connectivity index (χ4n) is 3.65. The van der Waals surface area contributed by atoms with Crippen LogP contribution in [-0.2, 0) is 14.8 Å². The van der Waals surface area contributed by atoms with Gasteiger partial charge >= 0.3 is 0 Å². The van der Waals surface area contributed by atoms with Crippen LogP contribution in [0, 0.1) is 13.8 Å². The average Bonchev–Trinajstić information content (AvgIpc) is 2.82. The molecule has 0 fully saturated rings. The molecule has 3 aromatic rings. The minimum absolute atomic E-state index is 0.0105. The van der Waals surface area contributed by atoms with Crippen LogP contribution >= 0.6 is 0 Å². The molecule has 34 heavy (non-hydrogen) atoms. The van der Waals surface area contributed by atoms with Gasteiger partial charge in [-0.1, -0.05) is 18.2 Å². The first-order chi connectivity index (χ1) is 16.3. The number of nitrogens with zero attached hydrogens (tertiary/aromatic N) is 1. The molecule has 9 heteroatoms. The van der Waals surface area contributed by atoms with Crippen LogP contribution in [0.3, 0.4) is 0 Å². The smallest absolute Gasteiger partial charge is 0.268 e. The number of benzene rings is 3. The minimum atomic E-state index is -4.14. The molecule has 0 unspecified atom stereocenters. The van der Waals surface area contributed by atoms with E-state index < -0.39 is 22.5 Å². The zero-order chi connectivity index (χ0) is 24.3. The van der Waals surface area contributed by atoms with Crippen molar-refractivity contribution in [2.75, 3.05) is 36.5 Å². The normalized spacial score (nSPS) is 12.7. The highest BCUT2D eigenvalue weighted by molar-refractivity contribution is 7.93. The molecular formula is C25H26N2O6S. The third-order valence-corrected chi connectivity index (χ3v) is 7.09. The van der Waals surface area contributed by atoms with Gasteiger partial charge in [0.2, 0.25) is 5.91 Å². The number of ether oxygens (including phenoxy) is 3. The van der Waals surface area contributed by atoms with Crippen LogP contribution in [0.2, 0.25) is 0 Å². The van der Waals surface area contributed by atoms with Gasteiger partial charge in [-0.25, -0.2) is 8.42 Å². The van der Waals surface area contributed by atoms with Crippen LogP contribution in [-0.4, -0.2) is 41.2 Å². The Kier molecular flexibility index (Phi) is 6.65. The number of hydrogen-bond donors (Lipinski definition) is 1. The highest BCUT2D eigenvalue weighted by Gasteiger charge is 2.30. The Labute approximate surface area is 199 Å². The summed E-state index contributed by atoms with van der Waals surface area (Å²) in [6.45, 7) is 4.10. The van der Waals surface area contributed by atoms with Crippen LogP contribution in [0.25, 0.3) is 0 Å². The van der Waals surface area contributed by atoms with Crippen molar-refractivity contribution in [3.63, 3.8) is 0 Å². The molecular weight excluding hydrogens is 456 g/mol. The van der Waals surface area contributed by atoms with E-state index in [2.05, 4.69) is 5.32 Å². The van der Waals surface area contributed by atoms with Crippen molar-refractivity contribution in [3.05, 3.63) is 71.8 Å².